The zero-order valence-corrected chi connectivity index (χ0v) is 8.88. The van der Waals surface area contributed by atoms with E-state index in [1.807, 2.05) is 0 Å². The topological polar surface area (TPSA) is 26.3 Å². The third-order valence-electron chi connectivity index (χ3n) is 2.87. The van der Waals surface area contributed by atoms with Crippen LogP contribution in [-0.4, -0.2) is 19.0 Å². The second-order valence-electron chi connectivity index (χ2n) is 4.18. The van der Waals surface area contributed by atoms with E-state index >= 15 is 0 Å². The summed E-state index contributed by atoms with van der Waals surface area (Å²) in [5.74, 6) is 1.34. The lowest BCUT2D eigenvalue weighted by Crippen LogP contribution is -2.26. The van der Waals surface area contributed by atoms with Gasteiger partial charge in [0.2, 0.25) is 0 Å². The number of rotatable bonds is 6. The first kappa shape index (κ1) is 10.7. The Hall–Kier alpha value is -0.370. The van der Waals surface area contributed by atoms with Crippen molar-refractivity contribution >= 4 is 5.78 Å². The van der Waals surface area contributed by atoms with Crippen LogP contribution in [0.3, 0.4) is 0 Å². The fourth-order valence-electron chi connectivity index (χ4n) is 1.59. The lowest BCUT2D eigenvalue weighted by Gasteiger charge is -2.15. The van der Waals surface area contributed by atoms with Gasteiger partial charge in [-0.1, -0.05) is 20.3 Å². The van der Waals surface area contributed by atoms with E-state index in [-0.39, 0.29) is 6.10 Å². The predicted octanol–water partition coefficient (Wildman–Crippen LogP) is 2.42. The SMILES string of the molecule is CCC(C)CC(=O)C(OC)C1CC1. The minimum absolute atomic E-state index is 0.103. The van der Waals surface area contributed by atoms with Crippen LogP contribution in [-0.2, 0) is 9.53 Å². The highest BCUT2D eigenvalue weighted by Crippen LogP contribution is 2.35. The highest BCUT2D eigenvalue weighted by Gasteiger charge is 2.36. The van der Waals surface area contributed by atoms with E-state index in [0.29, 0.717) is 24.0 Å². The molecule has 0 aliphatic heterocycles. The number of hydrogen-bond donors (Lipinski definition) is 0. The number of ketones is 1. The van der Waals surface area contributed by atoms with Gasteiger partial charge >= 0.3 is 0 Å². The molecule has 0 aromatic heterocycles. The van der Waals surface area contributed by atoms with E-state index in [1.54, 1.807) is 7.11 Å². The summed E-state index contributed by atoms with van der Waals surface area (Å²) in [7, 11) is 1.65. The van der Waals surface area contributed by atoms with Crippen LogP contribution in [0.5, 0.6) is 0 Å². The lowest BCUT2D eigenvalue weighted by molar-refractivity contribution is -0.130. The Bertz CT molecular complexity index is 173. The smallest absolute Gasteiger partial charge is 0.162 e. The first-order valence-corrected chi connectivity index (χ1v) is 5.24. The predicted molar refractivity (Wildman–Crippen MR) is 52.6 cm³/mol. The fourth-order valence-corrected chi connectivity index (χ4v) is 1.59. The number of carbonyl (C=O) groups excluding carboxylic acids is 1. The summed E-state index contributed by atoms with van der Waals surface area (Å²) < 4.78 is 5.23. The van der Waals surface area contributed by atoms with Gasteiger partial charge in [-0.15, -0.1) is 0 Å². The van der Waals surface area contributed by atoms with Crippen LogP contribution in [0.2, 0.25) is 0 Å². The van der Waals surface area contributed by atoms with Crippen LogP contribution in [0, 0.1) is 11.8 Å². The Kier molecular flexibility index (Phi) is 3.91. The summed E-state index contributed by atoms with van der Waals surface area (Å²) >= 11 is 0. The molecule has 0 aromatic carbocycles. The van der Waals surface area contributed by atoms with Crippen LogP contribution >= 0.6 is 0 Å². The summed E-state index contributed by atoms with van der Waals surface area (Å²) in [5, 5.41) is 0. The zero-order valence-electron chi connectivity index (χ0n) is 8.88. The van der Waals surface area contributed by atoms with Crippen LogP contribution in [0.15, 0.2) is 0 Å². The van der Waals surface area contributed by atoms with E-state index in [2.05, 4.69) is 13.8 Å². The monoisotopic (exact) mass is 184 g/mol. The molecule has 2 atom stereocenters. The molecular weight excluding hydrogens is 164 g/mol. The van der Waals surface area contributed by atoms with E-state index in [9.17, 15) is 4.79 Å². The van der Waals surface area contributed by atoms with Gasteiger partial charge in [0.05, 0.1) is 0 Å². The molecule has 0 aromatic rings. The van der Waals surface area contributed by atoms with E-state index < -0.39 is 0 Å². The molecule has 0 radical (unpaired) electrons. The fraction of sp³-hybridized carbons (Fsp3) is 0.909. The lowest BCUT2D eigenvalue weighted by atomic mass is 9.97. The number of carbonyl (C=O) groups is 1. The average Bonchev–Trinajstić information content (AvgIpc) is 2.89. The molecule has 76 valence electrons. The molecule has 2 heteroatoms. The molecule has 1 aliphatic carbocycles. The maximum atomic E-state index is 11.7. The highest BCUT2D eigenvalue weighted by molar-refractivity contribution is 5.83. The largest absolute Gasteiger partial charge is 0.373 e. The Morgan fingerprint density at radius 2 is 2.15 bits per heavy atom. The van der Waals surface area contributed by atoms with Crippen molar-refractivity contribution in [2.45, 2.75) is 45.6 Å². The average molecular weight is 184 g/mol. The van der Waals surface area contributed by atoms with Gasteiger partial charge in [0.15, 0.2) is 5.78 Å². The molecule has 13 heavy (non-hydrogen) atoms. The molecule has 0 bridgehead atoms. The van der Waals surface area contributed by atoms with E-state index in [1.165, 1.54) is 12.8 Å². The summed E-state index contributed by atoms with van der Waals surface area (Å²) in [6.07, 6.45) is 4.00. The van der Waals surface area contributed by atoms with Crippen LogP contribution in [0.1, 0.15) is 39.5 Å². The summed E-state index contributed by atoms with van der Waals surface area (Å²) in [6.45, 7) is 4.24. The normalized spacial score (nSPS) is 21.2. The Morgan fingerprint density at radius 1 is 1.54 bits per heavy atom. The maximum Gasteiger partial charge on any atom is 0.162 e. The van der Waals surface area contributed by atoms with Gasteiger partial charge < -0.3 is 4.74 Å². The summed E-state index contributed by atoms with van der Waals surface area (Å²) in [5.41, 5.74) is 0. The molecule has 0 heterocycles. The van der Waals surface area contributed by atoms with Gasteiger partial charge in [-0.05, 0) is 24.7 Å². The summed E-state index contributed by atoms with van der Waals surface area (Å²) in [6, 6.07) is 0. The molecule has 0 saturated heterocycles. The molecule has 0 amide bonds. The first-order chi connectivity index (χ1) is 6.19. The Morgan fingerprint density at radius 3 is 2.54 bits per heavy atom. The molecule has 1 aliphatic rings. The molecular formula is C11H20O2. The Labute approximate surface area is 80.7 Å². The first-order valence-electron chi connectivity index (χ1n) is 5.24. The van der Waals surface area contributed by atoms with Gasteiger partial charge in [-0.2, -0.15) is 0 Å². The van der Waals surface area contributed by atoms with E-state index in [4.69, 9.17) is 4.74 Å². The van der Waals surface area contributed by atoms with Gasteiger partial charge in [0.1, 0.15) is 6.10 Å². The molecule has 2 unspecified atom stereocenters. The van der Waals surface area contributed by atoms with Crippen molar-refractivity contribution in [3.8, 4) is 0 Å². The van der Waals surface area contributed by atoms with Gasteiger partial charge in [0.25, 0.3) is 0 Å². The third-order valence-corrected chi connectivity index (χ3v) is 2.87. The van der Waals surface area contributed by atoms with Crippen molar-refractivity contribution in [3.05, 3.63) is 0 Å². The maximum absolute atomic E-state index is 11.7. The third kappa shape index (κ3) is 3.11. The number of hydrogen-bond acceptors (Lipinski definition) is 2. The van der Waals surface area contributed by atoms with Gasteiger partial charge in [-0.25, -0.2) is 0 Å². The standard InChI is InChI=1S/C11H20O2/c1-4-8(2)7-10(12)11(13-3)9-5-6-9/h8-9,11H,4-7H2,1-3H3. The second kappa shape index (κ2) is 4.75. The molecule has 1 fully saturated rings. The van der Waals surface area contributed by atoms with Crippen molar-refractivity contribution in [2.75, 3.05) is 7.11 Å². The van der Waals surface area contributed by atoms with Crippen LogP contribution < -0.4 is 0 Å². The van der Waals surface area contributed by atoms with Gasteiger partial charge in [-0.3, -0.25) is 4.79 Å². The summed E-state index contributed by atoms with van der Waals surface area (Å²) in [4.78, 5) is 11.7. The van der Waals surface area contributed by atoms with Crippen molar-refractivity contribution in [2.24, 2.45) is 11.8 Å². The van der Waals surface area contributed by atoms with Crippen molar-refractivity contribution < 1.29 is 9.53 Å². The van der Waals surface area contributed by atoms with Crippen LogP contribution in [0.4, 0.5) is 0 Å². The molecule has 0 spiro atoms. The van der Waals surface area contributed by atoms with Crippen LogP contribution in [0.25, 0.3) is 0 Å². The molecule has 1 rings (SSSR count). The Balaban J connectivity index is 2.35. The quantitative estimate of drug-likeness (QED) is 0.633. The molecule has 2 nitrogen and oxygen atoms in total. The van der Waals surface area contributed by atoms with E-state index in [0.717, 1.165) is 6.42 Å². The molecule has 1 saturated carbocycles. The van der Waals surface area contributed by atoms with Crippen molar-refractivity contribution in [1.29, 1.82) is 0 Å². The zero-order chi connectivity index (χ0) is 9.84. The van der Waals surface area contributed by atoms with Crippen molar-refractivity contribution in [1.82, 2.24) is 0 Å². The number of Topliss-reactive ketones (excluding diaryl/α,β-unsaturated/α-hetero) is 1. The van der Waals surface area contributed by atoms with Gasteiger partial charge in [0, 0.05) is 13.5 Å². The molecule has 0 N–H and O–H groups in total. The minimum atomic E-state index is -0.103. The van der Waals surface area contributed by atoms with Crippen molar-refractivity contribution in [3.63, 3.8) is 0 Å². The second-order valence-corrected chi connectivity index (χ2v) is 4.18. The number of ether oxygens (including phenoxy) is 1. The highest BCUT2D eigenvalue weighted by atomic mass is 16.5. The number of methoxy groups -OCH3 is 1. The minimum Gasteiger partial charge on any atom is -0.373 e.